The van der Waals surface area contributed by atoms with Crippen LogP contribution in [0.4, 0.5) is 0 Å². The van der Waals surface area contributed by atoms with Crippen LogP contribution in [0, 0.1) is 5.41 Å². The number of benzene rings is 2. The molecule has 1 aliphatic carbocycles. The average Bonchev–Trinajstić information content (AvgIpc) is 2.84. The molecule has 0 amide bonds. The molecule has 0 bridgehead atoms. The van der Waals surface area contributed by atoms with Gasteiger partial charge >= 0.3 is 5.97 Å². The third kappa shape index (κ3) is 4.97. The Morgan fingerprint density at radius 1 is 1.04 bits per heavy atom. The van der Waals surface area contributed by atoms with Crippen molar-refractivity contribution in [2.75, 3.05) is 7.11 Å². The van der Waals surface area contributed by atoms with Crippen LogP contribution in [0.25, 0.3) is 0 Å². The fourth-order valence-electron chi connectivity index (χ4n) is 3.46. The number of hydrogen-bond acceptors (Lipinski definition) is 4. The molecule has 0 unspecified atom stereocenters. The molecule has 3 rings (SSSR count). The van der Waals surface area contributed by atoms with Crippen LogP contribution < -0.4 is 0 Å². The zero-order valence-electron chi connectivity index (χ0n) is 16.7. The molecule has 0 aromatic heterocycles. The number of carbonyl (C=O) groups excluding carboxylic acids is 1. The molecule has 0 atom stereocenters. The minimum absolute atomic E-state index is 0.116. The van der Waals surface area contributed by atoms with Gasteiger partial charge in [-0.05, 0) is 44.2 Å². The molecule has 2 aromatic rings. The van der Waals surface area contributed by atoms with Crippen LogP contribution in [0.5, 0.6) is 0 Å². The van der Waals surface area contributed by atoms with Gasteiger partial charge < -0.3 is 9.94 Å². The van der Waals surface area contributed by atoms with Gasteiger partial charge in [-0.2, -0.15) is 0 Å². The molecule has 0 heterocycles. The van der Waals surface area contributed by atoms with Crippen molar-refractivity contribution in [3.8, 4) is 0 Å². The predicted octanol–water partition coefficient (Wildman–Crippen LogP) is 5.00. The van der Waals surface area contributed by atoms with Crippen LogP contribution in [-0.2, 0) is 22.4 Å². The largest absolute Gasteiger partial charge is 0.469 e. The third-order valence-corrected chi connectivity index (χ3v) is 4.92. The van der Waals surface area contributed by atoms with Crippen molar-refractivity contribution in [2.45, 2.75) is 46.5 Å². The van der Waals surface area contributed by atoms with Crippen molar-refractivity contribution in [2.24, 2.45) is 10.6 Å². The lowest BCUT2D eigenvalue weighted by atomic mass is 9.88. The van der Waals surface area contributed by atoms with E-state index < -0.39 is 0 Å². The molecule has 0 saturated carbocycles. The van der Waals surface area contributed by atoms with Gasteiger partial charge in [0.25, 0.3) is 0 Å². The van der Waals surface area contributed by atoms with Gasteiger partial charge in [0.1, 0.15) is 5.71 Å². The van der Waals surface area contributed by atoms with E-state index in [2.05, 4.69) is 28.9 Å². The number of fused-ring (bicyclic) bond motifs is 2. The molecular formula is C23H29NO3. The summed E-state index contributed by atoms with van der Waals surface area (Å²) in [6, 6.07) is 16.3. The topological polar surface area (TPSA) is 58.9 Å². The van der Waals surface area contributed by atoms with Crippen molar-refractivity contribution >= 4 is 11.7 Å². The van der Waals surface area contributed by atoms with Crippen molar-refractivity contribution < 1.29 is 14.7 Å². The molecular weight excluding hydrogens is 338 g/mol. The lowest BCUT2D eigenvalue weighted by Gasteiger charge is -2.19. The van der Waals surface area contributed by atoms with E-state index in [9.17, 15) is 10.0 Å². The van der Waals surface area contributed by atoms with E-state index in [0.29, 0.717) is 5.71 Å². The minimum atomic E-state index is -0.302. The summed E-state index contributed by atoms with van der Waals surface area (Å²) in [6.45, 7) is 5.87. The number of ether oxygens (including phenoxy) is 1. The summed E-state index contributed by atoms with van der Waals surface area (Å²) in [4.78, 5) is 11.0. The molecule has 144 valence electrons. The van der Waals surface area contributed by atoms with Crippen molar-refractivity contribution in [3.05, 3.63) is 70.8 Å². The summed E-state index contributed by atoms with van der Waals surface area (Å²) >= 11 is 0. The van der Waals surface area contributed by atoms with Crippen molar-refractivity contribution in [3.63, 3.8) is 0 Å². The lowest BCUT2D eigenvalue weighted by Crippen LogP contribution is -2.25. The number of methoxy groups -OCH3 is 1. The number of oxime groups is 1. The number of rotatable bonds is 3. The highest BCUT2D eigenvalue weighted by Crippen LogP contribution is 2.25. The second-order valence-corrected chi connectivity index (χ2v) is 7.39. The van der Waals surface area contributed by atoms with Crippen molar-refractivity contribution in [1.82, 2.24) is 0 Å². The second-order valence-electron chi connectivity index (χ2n) is 7.39. The number of hydrogen-bond donors (Lipinski definition) is 1. The monoisotopic (exact) mass is 367 g/mol. The Morgan fingerprint density at radius 3 is 1.93 bits per heavy atom. The summed E-state index contributed by atoms with van der Waals surface area (Å²) in [6.07, 6.45) is 3.89. The zero-order chi connectivity index (χ0) is 19.9. The van der Waals surface area contributed by atoms with Gasteiger partial charge in [-0.25, -0.2) is 0 Å². The van der Waals surface area contributed by atoms with E-state index in [4.69, 9.17) is 0 Å². The first-order chi connectivity index (χ1) is 12.9. The molecule has 27 heavy (non-hydrogen) atoms. The normalized spacial score (nSPS) is 12.7. The van der Waals surface area contributed by atoms with E-state index in [1.165, 1.54) is 18.2 Å². The van der Waals surface area contributed by atoms with Crippen LogP contribution in [-0.4, -0.2) is 24.0 Å². The quantitative estimate of drug-likeness (QED) is 0.472. The Hall–Kier alpha value is -2.62. The van der Waals surface area contributed by atoms with Gasteiger partial charge in [0.2, 0.25) is 0 Å². The third-order valence-electron chi connectivity index (χ3n) is 4.92. The molecule has 0 saturated heterocycles. The minimum Gasteiger partial charge on any atom is -0.469 e. The first-order valence-electron chi connectivity index (χ1n) is 9.41. The SMILES string of the molecule is CCCC(C)(C)C(=O)OC.ON=C1c2ccccc2CCc2ccccc21. The smallest absolute Gasteiger partial charge is 0.311 e. The highest BCUT2D eigenvalue weighted by Gasteiger charge is 2.26. The molecule has 2 aromatic carbocycles. The standard InChI is InChI=1S/C15H13NO.C8H16O2/c17-16-15-13-7-3-1-5-11(13)9-10-12-6-2-4-8-14(12)15;1-5-6-8(2,3)7(9)10-4/h1-8,17H,9-10H2;5-6H2,1-4H3. The summed E-state index contributed by atoms with van der Waals surface area (Å²) in [5.41, 5.74) is 4.96. The molecule has 1 aliphatic rings. The molecule has 4 nitrogen and oxygen atoms in total. The maximum atomic E-state index is 11.0. The molecule has 0 spiro atoms. The summed E-state index contributed by atoms with van der Waals surface area (Å²) < 4.78 is 4.63. The summed E-state index contributed by atoms with van der Waals surface area (Å²) in [5, 5.41) is 12.8. The van der Waals surface area contributed by atoms with E-state index >= 15 is 0 Å². The number of aryl methyl sites for hydroxylation is 2. The Morgan fingerprint density at radius 2 is 1.52 bits per heavy atom. The van der Waals surface area contributed by atoms with Gasteiger partial charge in [0.15, 0.2) is 0 Å². The van der Waals surface area contributed by atoms with Crippen molar-refractivity contribution in [1.29, 1.82) is 0 Å². The van der Waals surface area contributed by atoms with E-state index in [0.717, 1.165) is 36.8 Å². The first-order valence-corrected chi connectivity index (χ1v) is 9.41. The summed E-state index contributed by atoms with van der Waals surface area (Å²) in [7, 11) is 1.43. The van der Waals surface area contributed by atoms with Gasteiger partial charge in [-0.1, -0.05) is 67.0 Å². The number of nitrogens with zero attached hydrogens (tertiary/aromatic N) is 1. The Balaban J connectivity index is 0.000000227. The predicted molar refractivity (Wildman–Crippen MR) is 108 cm³/mol. The first kappa shape index (κ1) is 20.7. The van der Waals surface area contributed by atoms with Gasteiger partial charge in [-0.15, -0.1) is 0 Å². The zero-order valence-corrected chi connectivity index (χ0v) is 16.7. The van der Waals surface area contributed by atoms with E-state index in [1.807, 2.05) is 50.2 Å². The Kier molecular flexibility index (Phi) is 7.17. The van der Waals surface area contributed by atoms with Crippen LogP contribution >= 0.6 is 0 Å². The fourth-order valence-corrected chi connectivity index (χ4v) is 3.46. The Labute approximate surface area is 161 Å². The van der Waals surface area contributed by atoms with E-state index in [-0.39, 0.29) is 11.4 Å². The van der Waals surface area contributed by atoms with Crippen LogP contribution in [0.3, 0.4) is 0 Å². The lowest BCUT2D eigenvalue weighted by molar-refractivity contribution is -0.151. The molecule has 0 fully saturated rings. The number of carbonyl (C=O) groups is 1. The van der Waals surface area contributed by atoms with Crippen LogP contribution in [0.1, 0.15) is 55.9 Å². The maximum Gasteiger partial charge on any atom is 0.311 e. The molecule has 4 heteroatoms. The van der Waals surface area contributed by atoms with Gasteiger partial charge in [0, 0.05) is 11.1 Å². The van der Waals surface area contributed by atoms with Gasteiger partial charge in [0.05, 0.1) is 12.5 Å². The highest BCUT2D eigenvalue weighted by molar-refractivity contribution is 6.14. The Bertz CT molecular complexity index is 759. The van der Waals surface area contributed by atoms with E-state index in [1.54, 1.807) is 0 Å². The van der Waals surface area contributed by atoms with Gasteiger partial charge in [-0.3, -0.25) is 4.79 Å². The molecule has 1 N–H and O–H groups in total. The molecule has 0 radical (unpaired) electrons. The maximum absolute atomic E-state index is 11.0. The molecule has 0 aliphatic heterocycles. The number of esters is 1. The average molecular weight is 367 g/mol. The highest BCUT2D eigenvalue weighted by atomic mass is 16.5. The van der Waals surface area contributed by atoms with Crippen LogP contribution in [0.2, 0.25) is 0 Å². The fraction of sp³-hybridized carbons (Fsp3) is 0.391. The summed E-state index contributed by atoms with van der Waals surface area (Å²) in [5.74, 6) is -0.116. The second kappa shape index (κ2) is 9.36. The van der Waals surface area contributed by atoms with Crippen LogP contribution in [0.15, 0.2) is 53.7 Å².